The van der Waals surface area contributed by atoms with Gasteiger partial charge in [-0.25, -0.2) is 4.98 Å². The number of amides is 1. The summed E-state index contributed by atoms with van der Waals surface area (Å²) in [6, 6.07) is 3.03. The number of carbonyl (C=O) groups excluding carboxylic acids is 1. The molecule has 1 N–H and O–H groups in total. The molecule has 0 aliphatic carbocycles. The van der Waals surface area contributed by atoms with E-state index in [-0.39, 0.29) is 16.2 Å². The molecule has 1 saturated heterocycles. The van der Waals surface area contributed by atoms with E-state index in [1.165, 1.54) is 38.1 Å². The number of nitrogens with zero attached hydrogens (tertiary/aromatic N) is 2. The molecule has 1 aliphatic heterocycles. The Morgan fingerprint density at radius 2 is 1.89 bits per heavy atom. The van der Waals surface area contributed by atoms with Crippen LogP contribution in [0.2, 0.25) is 10.3 Å². The lowest BCUT2D eigenvalue weighted by molar-refractivity contribution is 0.0952. The second-order valence-corrected chi connectivity index (χ2v) is 5.43. The summed E-state index contributed by atoms with van der Waals surface area (Å²) in [4.78, 5) is 18.1. The molecule has 6 heteroatoms. The summed E-state index contributed by atoms with van der Waals surface area (Å²) in [6.07, 6.45) is 3.54. The van der Waals surface area contributed by atoms with Gasteiger partial charge in [0.2, 0.25) is 0 Å². The van der Waals surface area contributed by atoms with E-state index in [9.17, 15) is 4.79 Å². The summed E-state index contributed by atoms with van der Waals surface area (Å²) < 4.78 is 0. The molecule has 0 spiro atoms. The van der Waals surface area contributed by atoms with Gasteiger partial charge in [0.1, 0.15) is 10.3 Å². The molecule has 2 heterocycles. The van der Waals surface area contributed by atoms with Crippen LogP contribution >= 0.6 is 23.2 Å². The van der Waals surface area contributed by atoms with Gasteiger partial charge in [0, 0.05) is 12.1 Å². The molecule has 0 bridgehead atoms. The number of carbonyl (C=O) groups is 1. The van der Waals surface area contributed by atoms with Gasteiger partial charge in [0.05, 0.1) is 0 Å². The fourth-order valence-electron chi connectivity index (χ4n) is 2.21. The number of rotatable bonds is 5. The average Bonchev–Trinajstić information content (AvgIpc) is 2.86. The molecular formula is C13H17Cl2N3O. The average molecular weight is 302 g/mol. The van der Waals surface area contributed by atoms with E-state index >= 15 is 0 Å². The molecule has 1 aromatic heterocycles. The second-order valence-electron chi connectivity index (χ2n) is 4.66. The molecule has 1 aromatic rings. The summed E-state index contributed by atoms with van der Waals surface area (Å²) in [5.74, 6) is -0.160. The normalized spacial score (nSPS) is 15.7. The van der Waals surface area contributed by atoms with E-state index in [0.717, 1.165) is 13.0 Å². The Morgan fingerprint density at radius 3 is 2.53 bits per heavy atom. The minimum absolute atomic E-state index is 0.160. The van der Waals surface area contributed by atoms with Crippen LogP contribution in [0.25, 0.3) is 0 Å². The standard InChI is InChI=1S/C13H17Cl2N3O/c14-11-8-10(9-12(15)17-11)13(19)16-4-3-7-18-5-1-2-6-18/h8-9H,1-7H2,(H,16,19). The van der Waals surface area contributed by atoms with Crippen molar-refractivity contribution in [2.45, 2.75) is 19.3 Å². The first kappa shape index (κ1) is 14.6. The number of hydrogen-bond donors (Lipinski definition) is 1. The van der Waals surface area contributed by atoms with Gasteiger partial charge < -0.3 is 10.2 Å². The zero-order valence-electron chi connectivity index (χ0n) is 10.7. The lowest BCUT2D eigenvalue weighted by Crippen LogP contribution is -2.28. The first-order valence-corrected chi connectivity index (χ1v) is 7.24. The third-order valence-corrected chi connectivity index (χ3v) is 3.55. The van der Waals surface area contributed by atoms with Crippen LogP contribution in [0.5, 0.6) is 0 Å². The SMILES string of the molecule is O=C(NCCCN1CCCC1)c1cc(Cl)nc(Cl)c1. The quantitative estimate of drug-likeness (QED) is 0.672. The third-order valence-electron chi connectivity index (χ3n) is 3.16. The maximum Gasteiger partial charge on any atom is 0.251 e. The third kappa shape index (κ3) is 4.64. The van der Waals surface area contributed by atoms with Crippen LogP contribution in [0.15, 0.2) is 12.1 Å². The second kappa shape index (κ2) is 7.08. The Labute approximate surface area is 123 Å². The maximum absolute atomic E-state index is 11.9. The number of aromatic nitrogens is 1. The maximum atomic E-state index is 11.9. The molecule has 19 heavy (non-hydrogen) atoms. The van der Waals surface area contributed by atoms with Gasteiger partial charge in [0.25, 0.3) is 5.91 Å². The van der Waals surface area contributed by atoms with Gasteiger partial charge in [0.15, 0.2) is 0 Å². The van der Waals surface area contributed by atoms with Gasteiger partial charge in [-0.15, -0.1) is 0 Å². The molecule has 0 saturated carbocycles. The highest BCUT2D eigenvalue weighted by atomic mass is 35.5. The monoisotopic (exact) mass is 301 g/mol. The Morgan fingerprint density at radius 1 is 1.26 bits per heavy atom. The first-order valence-electron chi connectivity index (χ1n) is 6.49. The lowest BCUT2D eigenvalue weighted by Gasteiger charge is -2.14. The van der Waals surface area contributed by atoms with Crippen molar-refractivity contribution < 1.29 is 4.79 Å². The molecule has 2 rings (SSSR count). The van der Waals surface area contributed by atoms with E-state index in [0.29, 0.717) is 12.1 Å². The van der Waals surface area contributed by atoms with Gasteiger partial charge in [-0.2, -0.15) is 0 Å². The van der Waals surface area contributed by atoms with Crippen molar-refractivity contribution in [1.82, 2.24) is 15.2 Å². The van der Waals surface area contributed by atoms with E-state index < -0.39 is 0 Å². The molecular weight excluding hydrogens is 285 g/mol. The minimum Gasteiger partial charge on any atom is -0.352 e. The van der Waals surface area contributed by atoms with Crippen molar-refractivity contribution in [3.8, 4) is 0 Å². The summed E-state index contributed by atoms with van der Waals surface area (Å²) in [5, 5.41) is 3.33. The van der Waals surface area contributed by atoms with Crippen molar-refractivity contribution in [3.63, 3.8) is 0 Å². The largest absolute Gasteiger partial charge is 0.352 e. The van der Waals surface area contributed by atoms with E-state index in [1.54, 1.807) is 0 Å². The zero-order chi connectivity index (χ0) is 13.7. The summed E-state index contributed by atoms with van der Waals surface area (Å²) >= 11 is 11.5. The summed E-state index contributed by atoms with van der Waals surface area (Å²) in [6.45, 7) is 4.07. The van der Waals surface area contributed by atoms with Crippen LogP contribution in [0.1, 0.15) is 29.6 Å². The van der Waals surface area contributed by atoms with Crippen LogP contribution in [0.4, 0.5) is 0 Å². The summed E-state index contributed by atoms with van der Waals surface area (Å²) in [7, 11) is 0. The number of halogens is 2. The Bertz CT molecular complexity index is 427. The number of likely N-dealkylation sites (tertiary alicyclic amines) is 1. The molecule has 1 fully saturated rings. The van der Waals surface area contributed by atoms with Gasteiger partial charge in [-0.1, -0.05) is 23.2 Å². The summed E-state index contributed by atoms with van der Waals surface area (Å²) in [5.41, 5.74) is 0.450. The Balaban J connectivity index is 1.74. The highest BCUT2D eigenvalue weighted by Crippen LogP contribution is 2.14. The van der Waals surface area contributed by atoms with Gasteiger partial charge in [-0.05, 0) is 51.0 Å². The number of pyridine rings is 1. The number of nitrogens with one attached hydrogen (secondary N) is 1. The van der Waals surface area contributed by atoms with Crippen molar-refractivity contribution >= 4 is 29.1 Å². The molecule has 0 unspecified atom stereocenters. The lowest BCUT2D eigenvalue weighted by atomic mass is 10.2. The number of hydrogen-bond acceptors (Lipinski definition) is 3. The van der Waals surface area contributed by atoms with Crippen molar-refractivity contribution in [2.24, 2.45) is 0 Å². The van der Waals surface area contributed by atoms with E-state index in [4.69, 9.17) is 23.2 Å². The molecule has 0 radical (unpaired) electrons. The molecule has 104 valence electrons. The van der Waals surface area contributed by atoms with Gasteiger partial charge in [-0.3, -0.25) is 4.79 Å². The minimum atomic E-state index is -0.160. The van der Waals surface area contributed by atoms with Crippen LogP contribution in [0.3, 0.4) is 0 Å². The van der Waals surface area contributed by atoms with Crippen molar-refractivity contribution in [2.75, 3.05) is 26.2 Å². The highest BCUT2D eigenvalue weighted by molar-refractivity contribution is 6.33. The van der Waals surface area contributed by atoms with Crippen molar-refractivity contribution in [1.29, 1.82) is 0 Å². The van der Waals surface area contributed by atoms with Crippen molar-refractivity contribution in [3.05, 3.63) is 28.0 Å². The molecule has 4 nitrogen and oxygen atoms in total. The first-order chi connectivity index (χ1) is 9.15. The van der Waals surface area contributed by atoms with E-state index in [2.05, 4.69) is 15.2 Å². The fourth-order valence-corrected chi connectivity index (χ4v) is 2.67. The predicted octanol–water partition coefficient (Wildman–Crippen LogP) is 2.60. The molecule has 0 atom stereocenters. The topological polar surface area (TPSA) is 45.2 Å². The van der Waals surface area contributed by atoms with Crippen LogP contribution < -0.4 is 5.32 Å². The van der Waals surface area contributed by atoms with Crippen LogP contribution in [-0.4, -0.2) is 42.0 Å². The zero-order valence-corrected chi connectivity index (χ0v) is 12.2. The van der Waals surface area contributed by atoms with Gasteiger partial charge >= 0.3 is 0 Å². The molecule has 1 aliphatic rings. The predicted molar refractivity (Wildman–Crippen MR) is 76.9 cm³/mol. The molecule has 1 amide bonds. The van der Waals surface area contributed by atoms with E-state index in [1.807, 2.05) is 0 Å². The smallest absolute Gasteiger partial charge is 0.251 e. The molecule has 0 aromatic carbocycles. The Hall–Kier alpha value is -0.840. The highest BCUT2D eigenvalue weighted by Gasteiger charge is 2.11. The van der Waals surface area contributed by atoms with Crippen LogP contribution in [-0.2, 0) is 0 Å². The Kier molecular flexibility index (Phi) is 5.43. The van der Waals surface area contributed by atoms with Crippen LogP contribution in [0, 0.1) is 0 Å². The fraction of sp³-hybridized carbons (Fsp3) is 0.538.